The van der Waals surface area contributed by atoms with Gasteiger partial charge >= 0.3 is 0 Å². The molecule has 0 spiro atoms. The van der Waals surface area contributed by atoms with Crippen molar-refractivity contribution in [2.24, 2.45) is 5.92 Å². The van der Waals surface area contributed by atoms with Crippen LogP contribution in [0.5, 0.6) is 0 Å². The lowest BCUT2D eigenvalue weighted by atomic mass is 10.0. The summed E-state index contributed by atoms with van der Waals surface area (Å²) in [6, 6.07) is 11.7. The summed E-state index contributed by atoms with van der Waals surface area (Å²) in [5.41, 5.74) is 1.72. The Bertz CT molecular complexity index is 702. The lowest BCUT2D eigenvalue weighted by Gasteiger charge is -2.31. The average molecular weight is 388 g/mol. The number of pyridine rings is 1. The van der Waals surface area contributed by atoms with Gasteiger partial charge in [0.25, 0.3) is 0 Å². The van der Waals surface area contributed by atoms with Crippen molar-refractivity contribution in [3.05, 3.63) is 52.6 Å². The van der Waals surface area contributed by atoms with Crippen LogP contribution in [0.25, 0.3) is 0 Å². The number of rotatable bonds is 4. The molecule has 1 saturated heterocycles. The second kappa shape index (κ2) is 7.79. The van der Waals surface area contributed by atoms with E-state index in [1.54, 1.807) is 6.20 Å². The van der Waals surface area contributed by atoms with Crippen molar-refractivity contribution in [2.75, 3.05) is 23.3 Å². The Morgan fingerprint density at radius 1 is 1.38 bits per heavy atom. The van der Waals surface area contributed by atoms with E-state index >= 15 is 0 Å². The molecule has 0 bridgehead atoms. The zero-order valence-corrected chi connectivity index (χ0v) is 15.4. The first-order chi connectivity index (χ1) is 11.6. The third kappa shape index (κ3) is 4.57. The van der Waals surface area contributed by atoms with E-state index in [9.17, 15) is 4.79 Å². The Hall–Kier alpha value is -1.88. The average Bonchev–Trinajstić information content (AvgIpc) is 2.55. The van der Waals surface area contributed by atoms with Crippen LogP contribution in [0.2, 0.25) is 0 Å². The van der Waals surface area contributed by atoms with Crippen LogP contribution in [0.3, 0.4) is 0 Å². The molecule has 2 aromatic rings. The highest BCUT2D eigenvalue weighted by molar-refractivity contribution is 9.10. The fraction of sp³-hybridized carbons (Fsp3) is 0.368. The molecule has 1 amide bonds. The van der Waals surface area contributed by atoms with Gasteiger partial charge in [0.15, 0.2) is 0 Å². The normalized spacial score (nSPS) is 17.6. The summed E-state index contributed by atoms with van der Waals surface area (Å²) in [5.74, 6) is 1.67. The molecule has 126 valence electrons. The van der Waals surface area contributed by atoms with Gasteiger partial charge in [-0.15, -0.1) is 0 Å². The van der Waals surface area contributed by atoms with Crippen LogP contribution >= 0.6 is 15.9 Å². The summed E-state index contributed by atoms with van der Waals surface area (Å²) in [6.07, 6.45) is 4.60. The molecule has 1 aliphatic rings. The van der Waals surface area contributed by atoms with Crippen LogP contribution < -0.4 is 10.2 Å². The molecule has 1 aliphatic heterocycles. The van der Waals surface area contributed by atoms with Gasteiger partial charge < -0.3 is 10.2 Å². The number of carbonyl (C=O) groups excluding carboxylic acids is 1. The maximum absolute atomic E-state index is 12.2. The number of anilines is 2. The third-order valence-electron chi connectivity index (χ3n) is 4.27. The molecule has 1 aromatic heterocycles. The highest BCUT2D eigenvalue weighted by Crippen LogP contribution is 2.22. The zero-order chi connectivity index (χ0) is 16.9. The molecule has 24 heavy (non-hydrogen) atoms. The largest absolute Gasteiger partial charge is 0.356 e. The summed E-state index contributed by atoms with van der Waals surface area (Å²) in [4.78, 5) is 19.0. The molecule has 2 heterocycles. The fourth-order valence-electron chi connectivity index (χ4n) is 3.08. The van der Waals surface area contributed by atoms with E-state index in [0.717, 1.165) is 34.6 Å². The van der Waals surface area contributed by atoms with Crippen molar-refractivity contribution in [1.82, 2.24) is 4.98 Å². The van der Waals surface area contributed by atoms with Gasteiger partial charge in [0.05, 0.1) is 18.3 Å². The topological polar surface area (TPSA) is 45.2 Å². The van der Waals surface area contributed by atoms with Gasteiger partial charge in [-0.2, -0.15) is 0 Å². The Morgan fingerprint density at radius 2 is 2.25 bits per heavy atom. The minimum absolute atomic E-state index is 0.0331. The number of piperidine rings is 1. The predicted molar refractivity (Wildman–Crippen MR) is 101 cm³/mol. The van der Waals surface area contributed by atoms with Gasteiger partial charge in [-0.1, -0.05) is 35.0 Å². The third-order valence-corrected chi connectivity index (χ3v) is 4.76. The minimum Gasteiger partial charge on any atom is -0.356 e. The minimum atomic E-state index is -0.0331. The van der Waals surface area contributed by atoms with Crippen molar-refractivity contribution >= 4 is 33.3 Å². The molecule has 0 radical (unpaired) electrons. The summed E-state index contributed by atoms with van der Waals surface area (Å²) < 4.78 is 0.981. The molecule has 0 saturated carbocycles. The summed E-state index contributed by atoms with van der Waals surface area (Å²) in [7, 11) is 0. The van der Waals surface area contributed by atoms with Crippen LogP contribution in [0.1, 0.15) is 25.3 Å². The molecule has 1 fully saturated rings. The Kier molecular flexibility index (Phi) is 5.51. The number of hydrogen-bond acceptors (Lipinski definition) is 3. The number of amides is 1. The van der Waals surface area contributed by atoms with Crippen molar-refractivity contribution < 1.29 is 4.79 Å². The monoisotopic (exact) mass is 387 g/mol. The molecular weight excluding hydrogens is 366 g/mol. The molecule has 1 N–H and O–H groups in total. The lowest BCUT2D eigenvalue weighted by Crippen LogP contribution is -2.34. The van der Waals surface area contributed by atoms with Gasteiger partial charge in [0.1, 0.15) is 5.82 Å². The molecule has 1 atom stereocenters. The van der Waals surface area contributed by atoms with E-state index in [0.29, 0.717) is 12.3 Å². The zero-order valence-electron chi connectivity index (χ0n) is 13.8. The van der Waals surface area contributed by atoms with E-state index in [2.05, 4.69) is 38.1 Å². The Balaban J connectivity index is 1.58. The maximum atomic E-state index is 12.2. The smallest absolute Gasteiger partial charge is 0.228 e. The molecule has 0 aliphatic carbocycles. The second-order valence-corrected chi connectivity index (χ2v) is 7.37. The highest BCUT2D eigenvalue weighted by Gasteiger charge is 2.17. The summed E-state index contributed by atoms with van der Waals surface area (Å²) >= 11 is 3.42. The van der Waals surface area contributed by atoms with Crippen molar-refractivity contribution in [3.63, 3.8) is 0 Å². The number of nitrogens with zero attached hydrogens (tertiary/aromatic N) is 2. The van der Waals surface area contributed by atoms with Crippen molar-refractivity contribution in [1.29, 1.82) is 0 Å². The number of aromatic nitrogens is 1. The molecule has 1 unspecified atom stereocenters. The maximum Gasteiger partial charge on any atom is 0.228 e. The SMILES string of the molecule is CC1CCCN(c2ccc(NC(=O)Cc3cccc(Br)c3)cn2)C1. The number of nitrogens with one attached hydrogen (secondary N) is 1. The number of carbonyl (C=O) groups is 1. The van der Waals surface area contributed by atoms with E-state index in [-0.39, 0.29) is 5.91 Å². The highest BCUT2D eigenvalue weighted by atomic mass is 79.9. The van der Waals surface area contributed by atoms with Crippen LogP contribution in [0, 0.1) is 5.92 Å². The first-order valence-electron chi connectivity index (χ1n) is 8.35. The van der Waals surface area contributed by atoms with Gasteiger partial charge in [-0.05, 0) is 48.6 Å². The predicted octanol–water partition coefficient (Wildman–Crippen LogP) is 4.26. The standard InChI is InChI=1S/C19H22BrN3O/c1-14-4-3-9-23(13-14)18-8-7-17(12-21-18)22-19(24)11-15-5-2-6-16(20)10-15/h2,5-8,10,12,14H,3-4,9,11,13H2,1H3,(H,22,24). The first-order valence-corrected chi connectivity index (χ1v) is 9.15. The van der Waals surface area contributed by atoms with E-state index in [1.807, 2.05) is 36.4 Å². The quantitative estimate of drug-likeness (QED) is 0.851. The van der Waals surface area contributed by atoms with Gasteiger partial charge in [-0.3, -0.25) is 4.79 Å². The second-order valence-electron chi connectivity index (χ2n) is 6.45. The fourth-order valence-corrected chi connectivity index (χ4v) is 3.53. The van der Waals surface area contributed by atoms with Crippen molar-refractivity contribution in [2.45, 2.75) is 26.2 Å². The Morgan fingerprint density at radius 3 is 2.96 bits per heavy atom. The van der Waals surface area contributed by atoms with Gasteiger partial charge in [0.2, 0.25) is 5.91 Å². The van der Waals surface area contributed by atoms with Crippen LogP contribution in [-0.2, 0) is 11.2 Å². The van der Waals surface area contributed by atoms with Gasteiger partial charge in [-0.25, -0.2) is 4.98 Å². The summed E-state index contributed by atoms with van der Waals surface area (Å²) in [5, 5.41) is 2.91. The molecule has 3 rings (SSSR count). The lowest BCUT2D eigenvalue weighted by molar-refractivity contribution is -0.115. The molecule has 4 nitrogen and oxygen atoms in total. The molecular formula is C19H22BrN3O. The van der Waals surface area contributed by atoms with E-state index < -0.39 is 0 Å². The number of hydrogen-bond donors (Lipinski definition) is 1. The number of benzene rings is 1. The molecule has 1 aromatic carbocycles. The number of halogens is 1. The van der Waals surface area contributed by atoms with Crippen LogP contribution in [0.15, 0.2) is 47.1 Å². The molecule has 5 heteroatoms. The Labute approximate surface area is 151 Å². The van der Waals surface area contributed by atoms with Crippen molar-refractivity contribution in [3.8, 4) is 0 Å². The van der Waals surface area contributed by atoms with Gasteiger partial charge in [0, 0.05) is 17.6 Å². The summed E-state index contributed by atoms with van der Waals surface area (Å²) in [6.45, 7) is 4.40. The first kappa shape index (κ1) is 17.0. The van der Waals surface area contributed by atoms with E-state index in [1.165, 1.54) is 12.8 Å². The van der Waals surface area contributed by atoms with Crippen LogP contribution in [-0.4, -0.2) is 24.0 Å². The van der Waals surface area contributed by atoms with Crippen LogP contribution in [0.4, 0.5) is 11.5 Å². The van der Waals surface area contributed by atoms with E-state index in [4.69, 9.17) is 0 Å².